The lowest BCUT2D eigenvalue weighted by molar-refractivity contribution is -0.101. The summed E-state index contributed by atoms with van der Waals surface area (Å²) in [6.07, 6.45) is 0. The first-order valence-corrected chi connectivity index (χ1v) is 7.22. The molecule has 1 aliphatic rings. The second-order valence-corrected chi connectivity index (χ2v) is 6.33. The molecule has 1 aromatic rings. The third kappa shape index (κ3) is 3.26. The van der Waals surface area contributed by atoms with E-state index in [0.717, 1.165) is 10.6 Å². The molecule has 1 fully saturated rings. The van der Waals surface area contributed by atoms with Crippen LogP contribution in [-0.2, 0) is 15.6 Å². The molecule has 0 aliphatic carbocycles. The van der Waals surface area contributed by atoms with Crippen LogP contribution in [0.1, 0.15) is 5.56 Å². The lowest BCUT2D eigenvalue weighted by Gasteiger charge is -2.29. The van der Waals surface area contributed by atoms with Crippen LogP contribution in [0.15, 0.2) is 30.3 Å². The van der Waals surface area contributed by atoms with Crippen molar-refractivity contribution >= 4 is 9.84 Å². The molecule has 5 nitrogen and oxygen atoms in total. The number of rotatable bonds is 3. The van der Waals surface area contributed by atoms with E-state index in [4.69, 9.17) is 0 Å². The third-order valence-electron chi connectivity index (χ3n) is 2.76. The lowest BCUT2D eigenvalue weighted by atomic mass is 10.2. The van der Waals surface area contributed by atoms with Crippen molar-refractivity contribution in [2.24, 2.45) is 0 Å². The largest absolute Gasteiger partial charge is 0.314 e. The number of sulfone groups is 1. The predicted molar refractivity (Wildman–Crippen MR) is 64.2 cm³/mol. The number of hydrogen-bond donors (Lipinski definition) is 2. The van der Waals surface area contributed by atoms with E-state index in [1.54, 1.807) is 12.1 Å². The van der Waals surface area contributed by atoms with Gasteiger partial charge in [0.15, 0.2) is 9.84 Å². The van der Waals surface area contributed by atoms with Crippen molar-refractivity contribution in [2.45, 2.75) is 11.1 Å². The van der Waals surface area contributed by atoms with Crippen LogP contribution in [-0.4, -0.2) is 43.7 Å². The Balaban J connectivity index is 2.08. The average Bonchev–Trinajstić information content (AvgIpc) is 2.30. The van der Waals surface area contributed by atoms with Gasteiger partial charge in [0.1, 0.15) is 5.37 Å². The zero-order valence-corrected chi connectivity index (χ0v) is 10.2. The van der Waals surface area contributed by atoms with Gasteiger partial charge in [-0.1, -0.05) is 30.3 Å². The summed E-state index contributed by atoms with van der Waals surface area (Å²) in [5.41, 5.74) is 0.768. The number of hydrogen-bond acceptors (Lipinski definition) is 5. The fraction of sp³-hybridized carbons (Fsp3) is 0.455. The molecule has 0 aromatic heterocycles. The van der Waals surface area contributed by atoms with Crippen LogP contribution in [0.5, 0.6) is 0 Å². The van der Waals surface area contributed by atoms with Crippen molar-refractivity contribution in [1.29, 1.82) is 0 Å². The van der Waals surface area contributed by atoms with Gasteiger partial charge in [-0.15, -0.1) is 0 Å². The maximum Gasteiger partial charge on any atom is 0.171 e. The van der Waals surface area contributed by atoms with E-state index in [1.165, 1.54) is 0 Å². The highest BCUT2D eigenvalue weighted by Crippen LogP contribution is 2.12. The highest BCUT2D eigenvalue weighted by Gasteiger charge is 2.29. The van der Waals surface area contributed by atoms with Gasteiger partial charge in [-0.3, -0.25) is 5.32 Å². The minimum atomic E-state index is -3.28. The maximum absolute atomic E-state index is 12.1. The van der Waals surface area contributed by atoms with E-state index in [-0.39, 0.29) is 12.3 Å². The summed E-state index contributed by atoms with van der Waals surface area (Å²) in [6.45, 7) is 1.06. The van der Waals surface area contributed by atoms with Gasteiger partial charge in [0.05, 0.1) is 12.3 Å². The first kappa shape index (κ1) is 12.5. The zero-order chi connectivity index (χ0) is 12.3. The number of piperazine rings is 1. The summed E-state index contributed by atoms with van der Waals surface area (Å²) < 4.78 is 24.2. The second kappa shape index (κ2) is 5.14. The molecule has 1 saturated heterocycles. The van der Waals surface area contributed by atoms with E-state index in [1.807, 2.05) is 18.2 Å². The zero-order valence-electron chi connectivity index (χ0n) is 9.41. The molecule has 94 valence electrons. The number of nitrogens with zero attached hydrogens (tertiary/aromatic N) is 1. The van der Waals surface area contributed by atoms with E-state index < -0.39 is 15.2 Å². The molecule has 17 heavy (non-hydrogen) atoms. The van der Waals surface area contributed by atoms with Crippen LogP contribution in [0.3, 0.4) is 0 Å². The highest BCUT2D eigenvalue weighted by molar-refractivity contribution is 7.91. The van der Waals surface area contributed by atoms with Crippen molar-refractivity contribution in [1.82, 2.24) is 10.4 Å². The van der Waals surface area contributed by atoms with Crippen molar-refractivity contribution in [3.05, 3.63) is 35.9 Å². The normalized spacial score (nSPS) is 22.5. The molecule has 1 unspecified atom stereocenters. The molecular weight excluding hydrogens is 240 g/mol. The van der Waals surface area contributed by atoms with Gasteiger partial charge in [0, 0.05) is 13.1 Å². The molecule has 2 rings (SSSR count). The van der Waals surface area contributed by atoms with E-state index in [0.29, 0.717) is 13.1 Å². The standard InChI is InChI=1S/C11H16N2O3S/c14-13-7-6-12-11(8-13)17(15,16)9-10-4-2-1-3-5-10/h1-5,11-12,14H,6-9H2. The van der Waals surface area contributed by atoms with Crippen molar-refractivity contribution in [3.8, 4) is 0 Å². The van der Waals surface area contributed by atoms with Gasteiger partial charge in [-0.2, -0.15) is 5.06 Å². The quantitative estimate of drug-likeness (QED) is 0.810. The minimum absolute atomic E-state index is 0.000648. The molecule has 1 heterocycles. The molecule has 0 spiro atoms. The van der Waals surface area contributed by atoms with Gasteiger partial charge in [0.25, 0.3) is 0 Å². The Morgan fingerprint density at radius 3 is 2.71 bits per heavy atom. The highest BCUT2D eigenvalue weighted by atomic mass is 32.2. The predicted octanol–water partition coefficient (Wildman–Crippen LogP) is 0.222. The van der Waals surface area contributed by atoms with Crippen molar-refractivity contribution in [3.63, 3.8) is 0 Å². The topological polar surface area (TPSA) is 69.6 Å². The third-order valence-corrected chi connectivity index (χ3v) is 4.68. The van der Waals surface area contributed by atoms with Gasteiger partial charge >= 0.3 is 0 Å². The number of hydroxylamine groups is 2. The fourth-order valence-electron chi connectivity index (χ4n) is 1.85. The Labute approximate surface area is 101 Å². The molecule has 0 amide bonds. The Kier molecular flexibility index (Phi) is 3.78. The number of benzene rings is 1. The van der Waals surface area contributed by atoms with Gasteiger partial charge < -0.3 is 5.21 Å². The first-order chi connectivity index (χ1) is 8.08. The van der Waals surface area contributed by atoms with E-state index in [9.17, 15) is 13.6 Å². The summed E-state index contributed by atoms with van der Waals surface area (Å²) in [5, 5.41) is 12.6. The van der Waals surface area contributed by atoms with E-state index >= 15 is 0 Å². The smallest absolute Gasteiger partial charge is 0.171 e. The van der Waals surface area contributed by atoms with Crippen LogP contribution in [0, 0.1) is 0 Å². The van der Waals surface area contributed by atoms with Crippen LogP contribution in [0.25, 0.3) is 0 Å². The molecular formula is C11H16N2O3S. The summed E-state index contributed by atoms with van der Waals surface area (Å²) in [4.78, 5) is 0. The molecule has 6 heteroatoms. The van der Waals surface area contributed by atoms with Gasteiger partial charge in [-0.25, -0.2) is 8.42 Å². The molecule has 1 atom stereocenters. The monoisotopic (exact) mass is 256 g/mol. The Morgan fingerprint density at radius 2 is 2.06 bits per heavy atom. The van der Waals surface area contributed by atoms with Crippen molar-refractivity contribution in [2.75, 3.05) is 19.6 Å². The maximum atomic E-state index is 12.1. The van der Waals surface area contributed by atoms with Crippen LogP contribution in [0.4, 0.5) is 0 Å². The van der Waals surface area contributed by atoms with Crippen LogP contribution in [0.2, 0.25) is 0 Å². The van der Waals surface area contributed by atoms with Gasteiger partial charge in [0.2, 0.25) is 0 Å². The Morgan fingerprint density at radius 1 is 1.35 bits per heavy atom. The second-order valence-electron chi connectivity index (χ2n) is 4.15. The van der Waals surface area contributed by atoms with Crippen LogP contribution < -0.4 is 5.32 Å². The summed E-state index contributed by atoms with van der Waals surface area (Å²) in [6, 6.07) is 9.06. The van der Waals surface area contributed by atoms with Gasteiger partial charge in [-0.05, 0) is 5.56 Å². The first-order valence-electron chi connectivity index (χ1n) is 5.50. The molecule has 0 bridgehead atoms. The summed E-state index contributed by atoms with van der Waals surface area (Å²) in [5.74, 6) is -0.000648. The number of nitrogens with one attached hydrogen (secondary N) is 1. The molecule has 0 radical (unpaired) electrons. The van der Waals surface area contributed by atoms with E-state index in [2.05, 4.69) is 5.32 Å². The fourth-order valence-corrected chi connectivity index (χ4v) is 3.48. The molecule has 0 saturated carbocycles. The molecule has 2 N–H and O–H groups in total. The Bertz CT molecular complexity index is 461. The molecule has 1 aromatic carbocycles. The Hall–Kier alpha value is -0.950. The SMILES string of the molecule is O=S(=O)(Cc1ccccc1)C1CN(O)CCN1. The summed E-state index contributed by atoms with van der Waals surface area (Å²) in [7, 11) is -3.28. The summed E-state index contributed by atoms with van der Waals surface area (Å²) >= 11 is 0. The van der Waals surface area contributed by atoms with Crippen molar-refractivity contribution < 1.29 is 13.6 Å². The average molecular weight is 256 g/mol. The molecule has 1 aliphatic heterocycles. The minimum Gasteiger partial charge on any atom is -0.314 e. The lowest BCUT2D eigenvalue weighted by Crippen LogP contribution is -2.53. The van der Waals surface area contributed by atoms with Crippen LogP contribution >= 0.6 is 0 Å².